The summed E-state index contributed by atoms with van der Waals surface area (Å²) >= 11 is 0. The largest absolute Gasteiger partial charge is 0.310 e. The molecule has 1 aliphatic rings. The van der Waals surface area contributed by atoms with Crippen LogP contribution in [0, 0.1) is 5.92 Å². The number of rotatable bonds is 7. The Morgan fingerprint density at radius 3 is 2.63 bits per heavy atom. The first-order valence-electron chi connectivity index (χ1n) is 9.04. The van der Waals surface area contributed by atoms with Crippen LogP contribution in [0.1, 0.15) is 30.1 Å². The van der Waals surface area contributed by atoms with Gasteiger partial charge in [0.15, 0.2) is 0 Å². The van der Waals surface area contributed by atoms with E-state index in [-0.39, 0.29) is 12.1 Å². The summed E-state index contributed by atoms with van der Waals surface area (Å²) < 4.78 is 25.6. The summed E-state index contributed by atoms with van der Waals surface area (Å²) in [4.78, 5) is 4.52. The van der Waals surface area contributed by atoms with Crippen LogP contribution >= 0.6 is 0 Å². The van der Waals surface area contributed by atoms with Crippen LogP contribution in [0.25, 0.3) is 0 Å². The zero-order chi connectivity index (χ0) is 19.4. The van der Waals surface area contributed by atoms with E-state index < -0.39 is 10.0 Å². The first-order chi connectivity index (χ1) is 12.9. The van der Waals surface area contributed by atoms with Gasteiger partial charge in [0.1, 0.15) is 0 Å². The Bertz CT molecular complexity index is 840. The third-order valence-corrected chi connectivity index (χ3v) is 6.81. The third kappa shape index (κ3) is 4.53. The summed E-state index contributed by atoms with van der Waals surface area (Å²) in [5, 5.41) is 3.56. The van der Waals surface area contributed by atoms with E-state index in [1.165, 1.54) is 24.0 Å². The normalized spacial score (nSPS) is 21.5. The molecule has 146 valence electrons. The summed E-state index contributed by atoms with van der Waals surface area (Å²) in [6.07, 6.45) is 3.67. The fourth-order valence-corrected chi connectivity index (χ4v) is 4.13. The van der Waals surface area contributed by atoms with Crippen molar-refractivity contribution in [2.24, 2.45) is 5.92 Å². The molecule has 2 heterocycles. The Morgan fingerprint density at radius 2 is 2.00 bits per heavy atom. The summed E-state index contributed by atoms with van der Waals surface area (Å²) in [7, 11) is -0.317. The van der Waals surface area contributed by atoms with Crippen molar-refractivity contribution in [2.45, 2.75) is 23.9 Å². The van der Waals surface area contributed by atoms with Gasteiger partial charge in [-0.05, 0) is 36.2 Å². The average Bonchev–Trinajstić information content (AvgIpc) is 3.15. The Morgan fingerprint density at radius 1 is 1.26 bits per heavy atom. The molecular formula is C19H27N5O2S. The zero-order valence-electron chi connectivity index (χ0n) is 15.9. The molecule has 0 bridgehead atoms. The highest BCUT2D eigenvalue weighted by Crippen LogP contribution is 2.25. The molecule has 1 saturated heterocycles. The lowest BCUT2D eigenvalue weighted by Crippen LogP contribution is -2.30. The second kappa shape index (κ2) is 8.45. The minimum atomic E-state index is -3.39. The molecule has 1 aliphatic heterocycles. The summed E-state index contributed by atoms with van der Waals surface area (Å²) in [5.41, 5.74) is 8.78. The first kappa shape index (κ1) is 19.9. The van der Waals surface area contributed by atoms with Gasteiger partial charge in [0.2, 0.25) is 10.0 Å². The number of nitrogens with zero attached hydrogens (tertiary/aromatic N) is 2. The van der Waals surface area contributed by atoms with Gasteiger partial charge in [0, 0.05) is 51.5 Å². The number of pyridine rings is 1. The predicted molar refractivity (Wildman–Crippen MR) is 105 cm³/mol. The maximum absolute atomic E-state index is 12.2. The van der Waals surface area contributed by atoms with E-state index >= 15 is 0 Å². The van der Waals surface area contributed by atoms with Crippen molar-refractivity contribution in [2.75, 3.05) is 27.2 Å². The van der Waals surface area contributed by atoms with Crippen molar-refractivity contribution in [3.8, 4) is 0 Å². The molecule has 1 aromatic carbocycles. The summed E-state index contributed by atoms with van der Waals surface area (Å²) in [6.45, 7) is 3.79. The minimum absolute atomic E-state index is 0.122. The van der Waals surface area contributed by atoms with Gasteiger partial charge in [-0.15, -0.1) is 0 Å². The second-order valence-corrected chi connectivity index (χ2v) is 9.19. The Balaban J connectivity index is 1.61. The number of hydrazine groups is 1. The number of nitrogens with one attached hydrogen (secondary N) is 3. The van der Waals surface area contributed by atoms with Crippen LogP contribution in [0.3, 0.4) is 0 Å². The molecule has 1 aromatic heterocycles. The molecule has 2 aromatic rings. The molecule has 3 atom stereocenters. The topological polar surface area (TPSA) is 86.4 Å². The number of hydrogen-bond donors (Lipinski definition) is 3. The Kier molecular flexibility index (Phi) is 6.23. The first-order valence-corrected chi connectivity index (χ1v) is 10.5. The van der Waals surface area contributed by atoms with Crippen molar-refractivity contribution >= 4 is 10.0 Å². The van der Waals surface area contributed by atoms with Gasteiger partial charge in [0.05, 0.1) is 10.9 Å². The van der Waals surface area contributed by atoms with E-state index in [1.807, 2.05) is 24.4 Å². The molecule has 0 amide bonds. The lowest BCUT2D eigenvalue weighted by molar-refractivity contribution is 0.418. The van der Waals surface area contributed by atoms with Crippen LogP contribution in [-0.2, 0) is 10.0 Å². The number of sulfonamides is 1. The highest BCUT2D eigenvalue weighted by Gasteiger charge is 2.28. The van der Waals surface area contributed by atoms with E-state index in [9.17, 15) is 8.42 Å². The molecule has 1 fully saturated rings. The lowest BCUT2D eigenvalue weighted by atomic mass is 9.95. The number of aromatic nitrogens is 1. The quantitative estimate of drug-likeness (QED) is 0.665. The summed E-state index contributed by atoms with van der Waals surface area (Å²) in [5.74, 6) is 0.394. The van der Waals surface area contributed by atoms with Crippen molar-refractivity contribution < 1.29 is 8.42 Å². The van der Waals surface area contributed by atoms with Gasteiger partial charge in [-0.2, -0.15) is 0 Å². The fraction of sp³-hybridized carbons (Fsp3) is 0.421. The second-order valence-electron chi connectivity index (χ2n) is 7.04. The van der Waals surface area contributed by atoms with Crippen LogP contribution in [0.5, 0.6) is 0 Å². The molecule has 0 saturated carbocycles. The Labute approximate surface area is 161 Å². The highest BCUT2D eigenvalue weighted by molar-refractivity contribution is 7.89. The van der Waals surface area contributed by atoms with Crippen molar-refractivity contribution in [3.05, 3.63) is 59.9 Å². The Hall–Kier alpha value is -1.84. The smallest absolute Gasteiger partial charge is 0.242 e. The molecule has 7 nitrogen and oxygen atoms in total. The van der Waals surface area contributed by atoms with E-state index in [4.69, 9.17) is 0 Å². The lowest BCUT2D eigenvalue weighted by Gasteiger charge is -2.22. The highest BCUT2D eigenvalue weighted by atomic mass is 32.2. The standard InChI is InChI=1S/C19H27N5O2S/c1-14(15-6-8-18(9-7-15)27(25,26)24(2)3)21-12-17-13-22-23-19(17)16-5-4-10-20-11-16/h4-11,14,17,19,21-23H,12-13H2,1-3H3. The molecule has 0 aliphatic carbocycles. The minimum Gasteiger partial charge on any atom is -0.310 e. The maximum atomic E-state index is 12.2. The van der Waals surface area contributed by atoms with Crippen molar-refractivity contribution in [1.82, 2.24) is 25.5 Å². The van der Waals surface area contributed by atoms with E-state index in [0.717, 1.165) is 18.7 Å². The van der Waals surface area contributed by atoms with Crippen LogP contribution in [0.15, 0.2) is 53.7 Å². The van der Waals surface area contributed by atoms with Crippen LogP contribution in [0.4, 0.5) is 0 Å². The zero-order valence-corrected chi connectivity index (χ0v) is 16.7. The fourth-order valence-electron chi connectivity index (χ4n) is 3.23. The van der Waals surface area contributed by atoms with Gasteiger partial charge >= 0.3 is 0 Å². The molecule has 0 radical (unpaired) electrons. The molecule has 3 rings (SSSR count). The van der Waals surface area contributed by atoms with Crippen molar-refractivity contribution in [3.63, 3.8) is 0 Å². The van der Waals surface area contributed by atoms with E-state index in [1.54, 1.807) is 18.3 Å². The molecule has 0 spiro atoms. The van der Waals surface area contributed by atoms with Crippen LogP contribution < -0.4 is 16.2 Å². The third-order valence-electron chi connectivity index (χ3n) is 4.98. The van der Waals surface area contributed by atoms with E-state index in [0.29, 0.717) is 10.8 Å². The monoisotopic (exact) mass is 389 g/mol. The van der Waals surface area contributed by atoms with Gasteiger partial charge < -0.3 is 5.32 Å². The number of benzene rings is 1. The van der Waals surface area contributed by atoms with Gasteiger partial charge in [-0.1, -0.05) is 18.2 Å². The van der Waals surface area contributed by atoms with E-state index in [2.05, 4.69) is 34.1 Å². The van der Waals surface area contributed by atoms with Gasteiger partial charge in [-0.25, -0.2) is 18.1 Å². The molecule has 8 heteroatoms. The summed E-state index contributed by atoms with van der Waals surface area (Å²) in [6, 6.07) is 11.4. The van der Waals surface area contributed by atoms with Crippen molar-refractivity contribution in [1.29, 1.82) is 0 Å². The SMILES string of the molecule is CC(NCC1CNNC1c1cccnc1)c1ccc(S(=O)(=O)N(C)C)cc1. The molecule has 3 unspecified atom stereocenters. The maximum Gasteiger partial charge on any atom is 0.242 e. The van der Waals surface area contributed by atoms with Gasteiger partial charge in [-0.3, -0.25) is 10.4 Å². The molecular weight excluding hydrogens is 362 g/mol. The molecule has 27 heavy (non-hydrogen) atoms. The molecule has 3 N–H and O–H groups in total. The van der Waals surface area contributed by atoms with Crippen LogP contribution in [-0.4, -0.2) is 44.9 Å². The number of hydrogen-bond acceptors (Lipinski definition) is 6. The van der Waals surface area contributed by atoms with Crippen LogP contribution in [0.2, 0.25) is 0 Å². The predicted octanol–water partition coefficient (Wildman–Crippen LogP) is 1.45. The van der Waals surface area contributed by atoms with Gasteiger partial charge in [0.25, 0.3) is 0 Å². The average molecular weight is 390 g/mol.